The van der Waals surface area contributed by atoms with Crippen molar-refractivity contribution in [3.63, 3.8) is 0 Å². The molecule has 0 aromatic heterocycles. The number of benzene rings is 1. The summed E-state index contributed by atoms with van der Waals surface area (Å²) >= 11 is 2.32. The van der Waals surface area contributed by atoms with Crippen LogP contribution in [0.5, 0.6) is 0 Å². The van der Waals surface area contributed by atoms with Crippen molar-refractivity contribution in [1.29, 1.82) is 0 Å². The van der Waals surface area contributed by atoms with Crippen molar-refractivity contribution in [2.75, 3.05) is 19.6 Å². The molecule has 0 saturated carbocycles. The minimum absolute atomic E-state index is 0.00444. The van der Waals surface area contributed by atoms with E-state index in [0.29, 0.717) is 6.54 Å². The molecule has 1 saturated heterocycles. The van der Waals surface area contributed by atoms with Gasteiger partial charge in [-0.15, -0.1) is 0 Å². The standard InChI is InChI=1S/C15H21IN2O/c1-3-11-4-5-12(14(16)8-11)13(9-17)15(19)10(2)18-6-7-18/h4-5,8,10,13H,3,6-7,9,17H2,1-2H3/t10-,13+/m0/s1. The summed E-state index contributed by atoms with van der Waals surface area (Å²) < 4.78 is 1.15. The Kier molecular flexibility index (Phi) is 4.97. The molecule has 0 aliphatic carbocycles. The average Bonchev–Trinajstić information content (AvgIpc) is 3.24. The third-order valence-electron chi connectivity index (χ3n) is 3.87. The van der Waals surface area contributed by atoms with Crippen molar-refractivity contribution in [1.82, 2.24) is 4.90 Å². The molecule has 2 atom stereocenters. The van der Waals surface area contributed by atoms with Crippen molar-refractivity contribution in [2.24, 2.45) is 5.73 Å². The Bertz CT molecular complexity index is 471. The van der Waals surface area contributed by atoms with Gasteiger partial charge in [0.1, 0.15) is 0 Å². The molecule has 104 valence electrons. The predicted molar refractivity (Wildman–Crippen MR) is 86.4 cm³/mol. The van der Waals surface area contributed by atoms with E-state index in [9.17, 15) is 4.79 Å². The van der Waals surface area contributed by atoms with Gasteiger partial charge in [-0.25, -0.2) is 0 Å². The molecule has 3 nitrogen and oxygen atoms in total. The maximum atomic E-state index is 12.5. The highest BCUT2D eigenvalue weighted by Gasteiger charge is 2.33. The lowest BCUT2D eigenvalue weighted by Crippen LogP contribution is -2.34. The molecule has 19 heavy (non-hydrogen) atoms. The Morgan fingerprint density at radius 2 is 2.16 bits per heavy atom. The maximum Gasteiger partial charge on any atom is 0.158 e. The summed E-state index contributed by atoms with van der Waals surface area (Å²) in [5.41, 5.74) is 8.24. The zero-order valence-corrected chi connectivity index (χ0v) is 13.7. The smallest absolute Gasteiger partial charge is 0.158 e. The van der Waals surface area contributed by atoms with Gasteiger partial charge in [-0.1, -0.05) is 19.1 Å². The van der Waals surface area contributed by atoms with Gasteiger partial charge in [0.25, 0.3) is 0 Å². The van der Waals surface area contributed by atoms with E-state index in [4.69, 9.17) is 5.73 Å². The van der Waals surface area contributed by atoms with Crippen molar-refractivity contribution < 1.29 is 4.79 Å². The first kappa shape index (κ1) is 14.9. The number of hydrogen-bond acceptors (Lipinski definition) is 3. The van der Waals surface area contributed by atoms with Gasteiger partial charge in [-0.3, -0.25) is 9.69 Å². The molecule has 1 aliphatic heterocycles. The van der Waals surface area contributed by atoms with Crippen molar-refractivity contribution in [2.45, 2.75) is 32.2 Å². The second-order valence-corrected chi connectivity index (χ2v) is 6.27. The number of hydrogen-bond donors (Lipinski definition) is 1. The highest BCUT2D eigenvalue weighted by molar-refractivity contribution is 14.1. The van der Waals surface area contributed by atoms with E-state index >= 15 is 0 Å². The summed E-state index contributed by atoms with van der Waals surface area (Å²) in [5, 5.41) is 0. The molecular formula is C15H21IN2O. The van der Waals surface area contributed by atoms with Crippen LogP contribution >= 0.6 is 22.6 Å². The maximum absolute atomic E-state index is 12.5. The largest absolute Gasteiger partial charge is 0.329 e. The third kappa shape index (κ3) is 3.35. The van der Waals surface area contributed by atoms with Crippen LogP contribution in [0.25, 0.3) is 0 Å². The zero-order chi connectivity index (χ0) is 14.0. The summed E-state index contributed by atoms with van der Waals surface area (Å²) in [7, 11) is 0. The second kappa shape index (κ2) is 6.33. The Hall–Kier alpha value is -0.460. The normalized spacial score (nSPS) is 18.1. The predicted octanol–water partition coefficient (Wildman–Crippen LogP) is 2.17. The van der Waals surface area contributed by atoms with Crippen molar-refractivity contribution in [3.8, 4) is 0 Å². The molecule has 0 radical (unpaired) electrons. The number of aryl methyl sites for hydroxylation is 1. The first-order chi connectivity index (χ1) is 9.08. The van der Waals surface area contributed by atoms with Crippen LogP contribution in [0, 0.1) is 3.57 Å². The minimum Gasteiger partial charge on any atom is -0.329 e. The van der Waals surface area contributed by atoms with Crippen LogP contribution in [-0.4, -0.2) is 36.4 Å². The van der Waals surface area contributed by atoms with Gasteiger partial charge in [-0.05, 0) is 53.1 Å². The Labute approximate surface area is 128 Å². The number of carbonyl (C=O) groups excluding carboxylic acids is 1. The second-order valence-electron chi connectivity index (χ2n) is 5.11. The van der Waals surface area contributed by atoms with Crippen LogP contribution in [0.1, 0.15) is 30.9 Å². The number of Topliss-reactive ketones (excluding diaryl/α,β-unsaturated/α-hetero) is 1. The highest BCUT2D eigenvalue weighted by Crippen LogP contribution is 2.26. The Morgan fingerprint density at radius 1 is 1.47 bits per heavy atom. The van der Waals surface area contributed by atoms with E-state index in [-0.39, 0.29) is 17.7 Å². The van der Waals surface area contributed by atoms with E-state index < -0.39 is 0 Å². The van der Waals surface area contributed by atoms with Gasteiger partial charge in [-0.2, -0.15) is 0 Å². The van der Waals surface area contributed by atoms with Crippen molar-refractivity contribution in [3.05, 3.63) is 32.9 Å². The fraction of sp³-hybridized carbons (Fsp3) is 0.533. The number of ketones is 1. The molecule has 2 rings (SSSR count). The quantitative estimate of drug-likeness (QED) is 0.615. The summed E-state index contributed by atoms with van der Waals surface area (Å²) in [6, 6.07) is 6.34. The van der Waals surface area contributed by atoms with Crippen LogP contribution in [0.4, 0.5) is 0 Å². The monoisotopic (exact) mass is 372 g/mol. The van der Waals surface area contributed by atoms with E-state index in [2.05, 4.69) is 52.6 Å². The molecule has 0 spiro atoms. The lowest BCUT2D eigenvalue weighted by Gasteiger charge is -2.21. The molecule has 2 N–H and O–H groups in total. The number of rotatable bonds is 6. The van der Waals surface area contributed by atoms with Crippen LogP contribution in [0.15, 0.2) is 18.2 Å². The molecule has 0 unspecified atom stereocenters. The van der Waals surface area contributed by atoms with E-state index in [1.165, 1.54) is 5.56 Å². The average molecular weight is 372 g/mol. The molecule has 0 amide bonds. The molecule has 1 aromatic carbocycles. The third-order valence-corrected chi connectivity index (χ3v) is 4.80. The summed E-state index contributed by atoms with van der Waals surface area (Å²) in [6.45, 7) is 6.59. The summed E-state index contributed by atoms with van der Waals surface area (Å²) in [6.07, 6.45) is 1.02. The van der Waals surface area contributed by atoms with E-state index in [0.717, 1.165) is 28.6 Å². The molecular weight excluding hydrogens is 351 g/mol. The SMILES string of the molecule is CCc1ccc([C@@H](CN)C(=O)[C@H](C)N2CC2)c(I)c1. The molecule has 1 heterocycles. The van der Waals surface area contributed by atoms with Crippen LogP contribution in [0.3, 0.4) is 0 Å². The molecule has 1 aromatic rings. The highest BCUT2D eigenvalue weighted by atomic mass is 127. The number of nitrogens with two attached hydrogens (primary N) is 1. The van der Waals surface area contributed by atoms with Gasteiger partial charge in [0.05, 0.1) is 12.0 Å². The number of nitrogens with zero attached hydrogens (tertiary/aromatic N) is 1. The Balaban J connectivity index is 2.23. The van der Waals surface area contributed by atoms with Gasteiger partial charge in [0, 0.05) is 23.2 Å². The molecule has 1 fully saturated rings. The number of carbonyl (C=O) groups is 1. The minimum atomic E-state index is -0.173. The van der Waals surface area contributed by atoms with Gasteiger partial charge in [0.15, 0.2) is 5.78 Å². The van der Waals surface area contributed by atoms with E-state index in [1.54, 1.807) is 0 Å². The fourth-order valence-corrected chi connectivity index (χ4v) is 3.34. The molecule has 1 aliphatic rings. The lowest BCUT2D eigenvalue weighted by atomic mass is 9.90. The number of halogens is 1. The van der Waals surface area contributed by atoms with Crippen LogP contribution in [0.2, 0.25) is 0 Å². The summed E-state index contributed by atoms with van der Waals surface area (Å²) in [4.78, 5) is 14.7. The summed E-state index contributed by atoms with van der Waals surface area (Å²) in [5.74, 6) is 0.0792. The van der Waals surface area contributed by atoms with E-state index in [1.807, 2.05) is 6.92 Å². The Morgan fingerprint density at radius 3 is 2.63 bits per heavy atom. The van der Waals surface area contributed by atoms with Crippen LogP contribution < -0.4 is 5.73 Å². The van der Waals surface area contributed by atoms with Crippen molar-refractivity contribution >= 4 is 28.4 Å². The van der Waals surface area contributed by atoms with Crippen LogP contribution in [-0.2, 0) is 11.2 Å². The topological polar surface area (TPSA) is 46.1 Å². The molecule has 0 bridgehead atoms. The first-order valence-corrected chi connectivity index (χ1v) is 7.92. The molecule has 4 heteroatoms. The fourth-order valence-electron chi connectivity index (χ4n) is 2.39. The lowest BCUT2D eigenvalue weighted by molar-refractivity contribution is -0.123. The first-order valence-electron chi connectivity index (χ1n) is 6.84. The van der Waals surface area contributed by atoms with Gasteiger partial charge in [0.2, 0.25) is 0 Å². The van der Waals surface area contributed by atoms with Gasteiger partial charge < -0.3 is 5.73 Å². The van der Waals surface area contributed by atoms with Gasteiger partial charge >= 0.3 is 0 Å². The zero-order valence-electron chi connectivity index (χ0n) is 11.5.